The van der Waals surface area contributed by atoms with Crippen LogP contribution in [0.3, 0.4) is 0 Å². The number of nitrogens with zero attached hydrogens (tertiary/aromatic N) is 2. The molecule has 2 aromatic rings. The molecule has 1 atom stereocenters. The molecule has 7 nitrogen and oxygen atoms in total. The fraction of sp³-hybridized carbons (Fsp3) is 0.364. The van der Waals surface area contributed by atoms with Crippen LogP contribution in [0.2, 0.25) is 5.02 Å². The molecule has 32 heavy (non-hydrogen) atoms. The number of halogens is 2. The van der Waals surface area contributed by atoms with Crippen LogP contribution in [0.4, 0.5) is 5.69 Å². The zero-order valence-electron chi connectivity index (χ0n) is 18.4. The maximum atomic E-state index is 13.4. The summed E-state index contributed by atoms with van der Waals surface area (Å²) in [4.78, 5) is 27.4. The molecular weight excluding hydrogens is 518 g/mol. The molecular formula is C22H27BrClN3O4S. The number of sulfonamides is 1. The molecule has 0 fully saturated rings. The summed E-state index contributed by atoms with van der Waals surface area (Å²) in [5.41, 5.74) is 1.07. The van der Waals surface area contributed by atoms with E-state index in [4.69, 9.17) is 11.6 Å². The molecule has 0 radical (unpaired) electrons. The van der Waals surface area contributed by atoms with Crippen LogP contribution in [-0.4, -0.2) is 50.0 Å². The highest BCUT2D eigenvalue weighted by Crippen LogP contribution is 2.23. The zero-order chi connectivity index (χ0) is 24.1. The van der Waals surface area contributed by atoms with Crippen LogP contribution in [-0.2, 0) is 26.2 Å². The van der Waals surface area contributed by atoms with Crippen molar-refractivity contribution in [3.05, 3.63) is 63.6 Å². The zero-order valence-corrected chi connectivity index (χ0v) is 21.5. The first-order valence-electron chi connectivity index (χ1n) is 9.96. The van der Waals surface area contributed by atoms with Crippen LogP contribution in [0.1, 0.15) is 26.3 Å². The Balaban J connectivity index is 2.39. The van der Waals surface area contributed by atoms with E-state index in [1.54, 1.807) is 55.5 Å². The van der Waals surface area contributed by atoms with Crippen molar-refractivity contribution in [2.24, 2.45) is 0 Å². The van der Waals surface area contributed by atoms with Crippen molar-refractivity contribution in [2.45, 2.75) is 39.4 Å². The fourth-order valence-corrected chi connectivity index (χ4v) is 4.51. The van der Waals surface area contributed by atoms with Crippen LogP contribution >= 0.6 is 27.5 Å². The molecule has 2 rings (SSSR count). The van der Waals surface area contributed by atoms with Gasteiger partial charge in [0.1, 0.15) is 12.6 Å². The third kappa shape index (κ3) is 7.50. The van der Waals surface area contributed by atoms with E-state index in [9.17, 15) is 18.0 Å². The van der Waals surface area contributed by atoms with Gasteiger partial charge in [-0.2, -0.15) is 0 Å². The average molecular weight is 545 g/mol. The Morgan fingerprint density at radius 2 is 1.75 bits per heavy atom. The number of anilines is 1. The van der Waals surface area contributed by atoms with Crippen molar-refractivity contribution in [3.8, 4) is 0 Å². The van der Waals surface area contributed by atoms with Gasteiger partial charge >= 0.3 is 0 Å². The van der Waals surface area contributed by atoms with E-state index >= 15 is 0 Å². The van der Waals surface area contributed by atoms with E-state index in [-0.39, 0.29) is 18.5 Å². The van der Waals surface area contributed by atoms with Crippen molar-refractivity contribution in [1.82, 2.24) is 10.2 Å². The quantitative estimate of drug-likeness (QED) is 0.520. The third-order valence-electron chi connectivity index (χ3n) is 4.62. The monoisotopic (exact) mass is 543 g/mol. The first-order valence-corrected chi connectivity index (χ1v) is 13.0. The Morgan fingerprint density at radius 3 is 2.31 bits per heavy atom. The number of hydrogen-bond acceptors (Lipinski definition) is 4. The SMILES string of the molecule is CC(C)NC(=O)[C@@H](C)N(Cc1cccc(Cl)c1)C(=O)CN(c1cccc(Br)c1)S(C)(=O)=O. The van der Waals surface area contributed by atoms with Gasteiger partial charge in [-0.3, -0.25) is 13.9 Å². The second kappa shape index (κ2) is 11.2. The highest BCUT2D eigenvalue weighted by molar-refractivity contribution is 9.10. The minimum atomic E-state index is -3.76. The number of nitrogens with one attached hydrogen (secondary N) is 1. The molecule has 0 saturated carbocycles. The number of benzene rings is 2. The third-order valence-corrected chi connectivity index (χ3v) is 6.48. The van der Waals surface area contributed by atoms with Crippen molar-refractivity contribution in [1.29, 1.82) is 0 Å². The summed E-state index contributed by atoms with van der Waals surface area (Å²) in [6, 6.07) is 12.7. The summed E-state index contributed by atoms with van der Waals surface area (Å²) in [7, 11) is -3.76. The van der Waals surface area contributed by atoms with E-state index in [2.05, 4.69) is 21.2 Å². The molecule has 0 spiro atoms. The molecule has 0 aliphatic rings. The smallest absolute Gasteiger partial charge is 0.244 e. The molecule has 0 saturated heterocycles. The van der Waals surface area contributed by atoms with Crippen LogP contribution in [0.15, 0.2) is 53.0 Å². The van der Waals surface area contributed by atoms with Crippen molar-refractivity contribution >= 4 is 55.1 Å². The average Bonchev–Trinajstić information content (AvgIpc) is 2.68. The molecule has 0 heterocycles. The Kier molecular flexibility index (Phi) is 9.12. The molecule has 2 aromatic carbocycles. The lowest BCUT2D eigenvalue weighted by molar-refractivity contribution is -0.139. The summed E-state index contributed by atoms with van der Waals surface area (Å²) < 4.78 is 26.7. The van der Waals surface area contributed by atoms with E-state index < -0.39 is 28.5 Å². The minimum Gasteiger partial charge on any atom is -0.352 e. The summed E-state index contributed by atoms with van der Waals surface area (Å²) in [5, 5.41) is 3.30. The number of carbonyl (C=O) groups excluding carboxylic acids is 2. The maximum absolute atomic E-state index is 13.4. The predicted octanol–water partition coefficient (Wildman–Crippen LogP) is 3.81. The van der Waals surface area contributed by atoms with Gasteiger partial charge in [0.2, 0.25) is 21.8 Å². The van der Waals surface area contributed by atoms with Gasteiger partial charge in [0.15, 0.2) is 0 Å². The van der Waals surface area contributed by atoms with Gasteiger partial charge < -0.3 is 10.2 Å². The van der Waals surface area contributed by atoms with Gasteiger partial charge in [-0.1, -0.05) is 45.7 Å². The molecule has 10 heteroatoms. The highest BCUT2D eigenvalue weighted by atomic mass is 79.9. The summed E-state index contributed by atoms with van der Waals surface area (Å²) >= 11 is 9.41. The molecule has 0 unspecified atom stereocenters. The molecule has 0 bridgehead atoms. The van der Waals surface area contributed by atoms with E-state index in [0.717, 1.165) is 16.1 Å². The van der Waals surface area contributed by atoms with Crippen molar-refractivity contribution < 1.29 is 18.0 Å². The van der Waals surface area contributed by atoms with E-state index in [1.165, 1.54) is 4.90 Å². The largest absolute Gasteiger partial charge is 0.352 e. The first-order chi connectivity index (χ1) is 14.9. The first kappa shape index (κ1) is 26.2. The summed E-state index contributed by atoms with van der Waals surface area (Å²) in [6.07, 6.45) is 1.04. The lowest BCUT2D eigenvalue weighted by Gasteiger charge is -2.32. The summed E-state index contributed by atoms with van der Waals surface area (Å²) in [5.74, 6) is -0.842. The normalized spacial score (nSPS) is 12.3. The van der Waals surface area contributed by atoms with E-state index in [1.807, 2.05) is 13.8 Å². The number of amides is 2. The molecule has 0 aromatic heterocycles. The lowest BCUT2D eigenvalue weighted by Crippen LogP contribution is -2.52. The second-order valence-corrected chi connectivity index (χ2v) is 11.0. The summed E-state index contributed by atoms with van der Waals surface area (Å²) in [6.45, 7) is 4.92. The van der Waals surface area contributed by atoms with Crippen molar-refractivity contribution in [2.75, 3.05) is 17.1 Å². The molecule has 0 aliphatic carbocycles. The maximum Gasteiger partial charge on any atom is 0.244 e. The van der Waals surface area contributed by atoms with Gasteiger partial charge in [0, 0.05) is 22.1 Å². The molecule has 0 aliphatic heterocycles. The number of carbonyl (C=O) groups is 2. The highest BCUT2D eigenvalue weighted by Gasteiger charge is 2.30. The Labute approximate surface area is 202 Å². The molecule has 1 N–H and O–H groups in total. The topological polar surface area (TPSA) is 86.8 Å². The Bertz CT molecular complexity index is 1080. The molecule has 174 valence electrons. The van der Waals surface area contributed by atoms with Gasteiger partial charge in [0.05, 0.1) is 11.9 Å². The van der Waals surface area contributed by atoms with Crippen molar-refractivity contribution in [3.63, 3.8) is 0 Å². The molecule has 2 amide bonds. The van der Waals surface area contributed by atoms with Gasteiger partial charge in [-0.05, 0) is 56.7 Å². The van der Waals surface area contributed by atoms with Crippen LogP contribution in [0.5, 0.6) is 0 Å². The fourth-order valence-electron chi connectivity index (χ4n) is 3.06. The number of hydrogen-bond donors (Lipinski definition) is 1. The Hall–Kier alpha value is -2.10. The van der Waals surface area contributed by atoms with Gasteiger partial charge in [0.25, 0.3) is 0 Å². The van der Waals surface area contributed by atoms with Gasteiger partial charge in [-0.15, -0.1) is 0 Å². The predicted molar refractivity (Wildman–Crippen MR) is 131 cm³/mol. The second-order valence-electron chi connectivity index (χ2n) is 7.74. The lowest BCUT2D eigenvalue weighted by atomic mass is 10.1. The standard InChI is InChI=1S/C22H27BrClN3O4S/c1-15(2)25-22(29)16(3)26(13-17-7-5-9-19(24)11-17)21(28)14-27(32(4,30)31)20-10-6-8-18(23)12-20/h5-12,15-16H,13-14H2,1-4H3,(H,25,29)/t16-/m1/s1. The van der Waals surface area contributed by atoms with Crippen LogP contribution in [0, 0.1) is 0 Å². The Morgan fingerprint density at radius 1 is 1.09 bits per heavy atom. The van der Waals surface area contributed by atoms with Gasteiger partial charge in [-0.25, -0.2) is 8.42 Å². The van der Waals surface area contributed by atoms with Crippen LogP contribution < -0.4 is 9.62 Å². The number of rotatable bonds is 9. The van der Waals surface area contributed by atoms with Crippen LogP contribution in [0.25, 0.3) is 0 Å². The van der Waals surface area contributed by atoms with E-state index in [0.29, 0.717) is 15.2 Å². The minimum absolute atomic E-state index is 0.0994.